The molecule has 0 aliphatic rings. The summed E-state index contributed by atoms with van der Waals surface area (Å²) in [6.07, 6.45) is 1.86. The maximum atomic E-state index is 12.1. The zero-order chi connectivity index (χ0) is 15.5. The second-order valence-electron chi connectivity index (χ2n) is 5.01. The molecular formula is C17H34N2O. The Morgan fingerprint density at radius 2 is 1.75 bits per heavy atom. The summed E-state index contributed by atoms with van der Waals surface area (Å²) < 4.78 is 0. The summed E-state index contributed by atoms with van der Waals surface area (Å²) in [7, 11) is 1.83. The Kier molecular flexibility index (Phi) is 9.73. The van der Waals surface area contributed by atoms with Crippen molar-refractivity contribution in [1.82, 2.24) is 5.32 Å². The van der Waals surface area contributed by atoms with Crippen LogP contribution in [0.3, 0.4) is 0 Å². The number of carbonyl (C=O) groups excluding carboxylic acids is 1. The summed E-state index contributed by atoms with van der Waals surface area (Å²) in [4.78, 5) is 12.1. The summed E-state index contributed by atoms with van der Waals surface area (Å²) in [5, 5.41) is 6.01. The maximum absolute atomic E-state index is 12.1. The number of amides is 1. The standard InChI is InChI=1S/C15H24N2O.C2H6.2H2/c1-5-12-6-8-13(9-7-12)17-15(18)14(16-4)10-11(2)3;1-2;;/h6-9,11,14,16H,5,10H2,1-4H3,(H,17,18);1-2H3;2*1H. The van der Waals surface area contributed by atoms with Gasteiger partial charge in [-0.2, -0.15) is 0 Å². The summed E-state index contributed by atoms with van der Waals surface area (Å²) in [5.41, 5.74) is 2.14. The topological polar surface area (TPSA) is 41.1 Å². The molecule has 0 saturated carbocycles. The van der Waals surface area contributed by atoms with E-state index in [-0.39, 0.29) is 14.8 Å². The van der Waals surface area contributed by atoms with Gasteiger partial charge in [0.25, 0.3) is 0 Å². The zero-order valence-corrected chi connectivity index (χ0v) is 13.8. The van der Waals surface area contributed by atoms with E-state index in [4.69, 9.17) is 0 Å². The van der Waals surface area contributed by atoms with Crippen molar-refractivity contribution in [2.75, 3.05) is 12.4 Å². The smallest absolute Gasteiger partial charge is 0.241 e. The fraction of sp³-hybridized carbons (Fsp3) is 0.588. The molecule has 1 aromatic carbocycles. The van der Waals surface area contributed by atoms with Crippen molar-refractivity contribution in [3.8, 4) is 0 Å². The molecule has 3 heteroatoms. The van der Waals surface area contributed by atoms with Gasteiger partial charge < -0.3 is 10.6 Å². The third-order valence-corrected chi connectivity index (χ3v) is 3.00. The molecule has 0 bridgehead atoms. The molecule has 3 nitrogen and oxygen atoms in total. The Balaban J connectivity index is -0.000000864. The molecule has 1 atom stereocenters. The Bertz CT molecular complexity index is 381. The number of anilines is 1. The summed E-state index contributed by atoms with van der Waals surface area (Å²) in [5.74, 6) is 0.533. The lowest BCUT2D eigenvalue weighted by Crippen LogP contribution is -2.39. The van der Waals surface area contributed by atoms with E-state index in [2.05, 4.69) is 31.4 Å². The predicted octanol–water partition coefficient (Wildman–Crippen LogP) is 4.34. The maximum Gasteiger partial charge on any atom is 0.241 e. The highest BCUT2D eigenvalue weighted by Gasteiger charge is 2.17. The normalized spacial score (nSPS) is 11.6. The Morgan fingerprint density at radius 1 is 1.20 bits per heavy atom. The molecule has 118 valence electrons. The predicted molar refractivity (Wildman–Crippen MR) is 92.3 cm³/mol. The molecule has 1 aromatic rings. The lowest BCUT2D eigenvalue weighted by atomic mass is 10.0. The molecule has 0 fully saturated rings. The van der Waals surface area contributed by atoms with Gasteiger partial charge in [-0.25, -0.2) is 0 Å². The fourth-order valence-corrected chi connectivity index (χ4v) is 1.88. The van der Waals surface area contributed by atoms with Crippen LogP contribution >= 0.6 is 0 Å². The van der Waals surface area contributed by atoms with Gasteiger partial charge >= 0.3 is 0 Å². The van der Waals surface area contributed by atoms with Gasteiger partial charge in [0.1, 0.15) is 0 Å². The minimum Gasteiger partial charge on any atom is -0.325 e. The average Bonchev–Trinajstić information content (AvgIpc) is 2.47. The van der Waals surface area contributed by atoms with E-state index in [0.29, 0.717) is 5.92 Å². The number of rotatable bonds is 6. The van der Waals surface area contributed by atoms with Crippen LogP contribution in [0.1, 0.15) is 49.5 Å². The van der Waals surface area contributed by atoms with Crippen molar-refractivity contribution in [3.05, 3.63) is 29.8 Å². The molecule has 0 heterocycles. The number of hydrogen-bond acceptors (Lipinski definition) is 2. The van der Waals surface area contributed by atoms with Gasteiger partial charge in [-0.05, 0) is 43.5 Å². The third-order valence-electron chi connectivity index (χ3n) is 3.00. The quantitative estimate of drug-likeness (QED) is 0.815. The molecule has 0 aromatic heterocycles. The van der Waals surface area contributed by atoms with Crippen LogP contribution in [-0.2, 0) is 11.2 Å². The number of benzene rings is 1. The van der Waals surface area contributed by atoms with Crippen molar-refractivity contribution in [3.63, 3.8) is 0 Å². The molecule has 0 aliphatic heterocycles. The van der Waals surface area contributed by atoms with E-state index in [1.54, 1.807) is 0 Å². The first kappa shape index (κ1) is 18.7. The molecule has 0 spiro atoms. The summed E-state index contributed by atoms with van der Waals surface area (Å²) in [6, 6.07) is 7.88. The van der Waals surface area contributed by atoms with Crippen LogP contribution in [-0.4, -0.2) is 19.0 Å². The molecule has 0 radical (unpaired) electrons. The van der Waals surface area contributed by atoms with Crippen molar-refractivity contribution in [2.24, 2.45) is 5.92 Å². The molecular weight excluding hydrogens is 248 g/mol. The van der Waals surface area contributed by atoms with Crippen molar-refractivity contribution < 1.29 is 7.65 Å². The second-order valence-corrected chi connectivity index (χ2v) is 5.01. The van der Waals surface area contributed by atoms with Gasteiger partial charge in [0.15, 0.2) is 0 Å². The Morgan fingerprint density at radius 3 is 2.15 bits per heavy atom. The SMILES string of the molecule is CC.CCc1ccc(NC(=O)C(CC(C)C)NC)cc1.[HH].[HH]. The van der Waals surface area contributed by atoms with Crippen LogP contribution in [0.15, 0.2) is 24.3 Å². The van der Waals surface area contributed by atoms with Gasteiger partial charge in [-0.1, -0.05) is 46.8 Å². The van der Waals surface area contributed by atoms with Gasteiger partial charge in [0, 0.05) is 8.54 Å². The molecule has 1 amide bonds. The zero-order valence-electron chi connectivity index (χ0n) is 13.8. The van der Waals surface area contributed by atoms with Crippen LogP contribution < -0.4 is 10.6 Å². The van der Waals surface area contributed by atoms with Crippen molar-refractivity contribution in [1.29, 1.82) is 0 Å². The van der Waals surface area contributed by atoms with Gasteiger partial charge in [-0.3, -0.25) is 4.79 Å². The van der Waals surface area contributed by atoms with Crippen LogP contribution in [0.25, 0.3) is 0 Å². The first-order valence-corrected chi connectivity index (χ1v) is 7.63. The van der Waals surface area contributed by atoms with E-state index in [9.17, 15) is 4.79 Å². The van der Waals surface area contributed by atoms with E-state index in [1.165, 1.54) is 5.56 Å². The monoisotopic (exact) mass is 282 g/mol. The molecule has 0 saturated heterocycles. The van der Waals surface area contributed by atoms with Crippen LogP contribution in [0.5, 0.6) is 0 Å². The number of hydrogen-bond donors (Lipinski definition) is 2. The highest BCUT2D eigenvalue weighted by Crippen LogP contribution is 2.12. The van der Waals surface area contributed by atoms with E-state index in [1.807, 2.05) is 45.2 Å². The third kappa shape index (κ3) is 6.71. The van der Waals surface area contributed by atoms with E-state index < -0.39 is 0 Å². The number of likely N-dealkylation sites (N-methyl/N-ethyl adjacent to an activating group) is 1. The molecule has 20 heavy (non-hydrogen) atoms. The van der Waals surface area contributed by atoms with Crippen LogP contribution in [0.4, 0.5) is 5.69 Å². The fourth-order valence-electron chi connectivity index (χ4n) is 1.88. The lowest BCUT2D eigenvalue weighted by molar-refractivity contribution is -0.118. The molecule has 1 unspecified atom stereocenters. The molecule has 1 rings (SSSR count). The van der Waals surface area contributed by atoms with Crippen LogP contribution in [0, 0.1) is 5.92 Å². The van der Waals surface area contributed by atoms with Gasteiger partial charge in [0.2, 0.25) is 5.91 Å². The van der Waals surface area contributed by atoms with E-state index in [0.717, 1.165) is 18.5 Å². The first-order valence-electron chi connectivity index (χ1n) is 7.63. The minimum atomic E-state index is -0.129. The van der Waals surface area contributed by atoms with Gasteiger partial charge in [-0.15, -0.1) is 0 Å². The summed E-state index contributed by atoms with van der Waals surface area (Å²) >= 11 is 0. The Hall–Kier alpha value is -1.35. The number of carbonyl (C=O) groups is 1. The van der Waals surface area contributed by atoms with Crippen molar-refractivity contribution in [2.45, 2.75) is 53.5 Å². The minimum absolute atomic E-state index is 0. The largest absolute Gasteiger partial charge is 0.325 e. The molecule has 2 N–H and O–H groups in total. The first-order chi connectivity index (χ1) is 9.56. The highest BCUT2D eigenvalue weighted by atomic mass is 16.2. The molecule has 0 aliphatic carbocycles. The number of nitrogens with one attached hydrogen (secondary N) is 2. The van der Waals surface area contributed by atoms with Crippen LogP contribution in [0.2, 0.25) is 0 Å². The van der Waals surface area contributed by atoms with Gasteiger partial charge in [0.05, 0.1) is 6.04 Å². The second kappa shape index (κ2) is 10.4. The van der Waals surface area contributed by atoms with E-state index >= 15 is 0 Å². The average molecular weight is 282 g/mol. The lowest BCUT2D eigenvalue weighted by Gasteiger charge is -2.18. The highest BCUT2D eigenvalue weighted by molar-refractivity contribution is 5.94. The van der Waals surface area contributed by atoms with Crippen molar-refractivity contribution >= 4 is 11.6 Å². The summed E-state index contributed by atoms with van der Waals surface area (Å²) in [6.45, 7) is 10.4. The number of aryl methyl sites for hydroxylation is 1. The Labute approximate surface area is 127 Å².